The first-order chi connectivity index (χ1) is 15.2. The van der Waals surface area contributed by atoms with Crippen LogP contribution in [-0.2, 0) is 10.2 Å². The third-order valence-electron chi connectivity index (χ3n) is 5.67. The Kier molecular flexibility index (Phi) is 5.65. The van der Waals surface area contributed by atoms with Crippen LogP contribution in [-0.4, -0.2) is 17.0 Å². The zero-order valence-electron chi connectivity index (χ0n) is 18.2. The second kappa shape index (κ2) is 8.42. The van der Waals surface area contributed by atoms with Gasteiger partial charge in [-0.2, -0.15) is 5.10 Å². The molecule has 164 valence electrons. The van der Waals surface area contributed by atoms with Gasteiger partial charge in [-0.1, -0.05) is 57.2 Å². The summed E-state index contributed by atoms with van der Waals surface area (Å²) in [6.45, 7) is 6.54. The number of carbonyl (C=O) groups excluding carboxylic acids is 1. The van der Waals surface area contributed by atoms with Crippen molar-refractivity contribution in [2.45, 2.75) is 38.5 Å². The number of rotatable bonds is 6. The van der Waals surface area contributed by atoms with Crippen molar-refractivity contribution in [2.75, 3.05) is 0 Å². The van der Waals surface area contributed by atoms with Crippen molar-refractivity contribution in [1.29, 1.82) is 0 Å². The largest absolute Gasteiger partial charge is 0.455 e. The van der Waals surface area contributed by atoms with Gasteiger partial charge in [-0.25, -0.2) is 5.43 Å². The molecule has 1 aliphatic rings. The van der Waals surface area contributed by atoms with Gasteiger partial charge >= 0.3 is 0 Å². The number of non-ortho nitro benzene ring substituents is 1. The molecule has 1 saturated carbocycles. The highest BCUT2D eigenvalue weighted by molar-refractivity contribution is 5.85. The monoisotopic (exact) mass is 431 g/mol. The highest BCUT2D eigenvalue weighted by Gasteiger charge is 2.44. The predicted molar refractivity (Wildman–Crippen MR) is 123 cm³/mol. The minimum absolute atomic E-state index is 0.00610. The molecule has 3 aromatic rings. The van der Waals surface area contributed by atoms with E-state index in [9.17, 15) is 14.9 Å². The van der Waals surface area contributed by atoms with Gasteiger partial charge in [-0.15, -0.1) is 0 Å². The van der Waals surface area contributed by atoms with Crippen molar-refractivity contribution >= 4 is 17.8 Å². The number of nitro benzene ring substituents is 1. The first-order valence-electron chi connectivity index (χ1n) is 10.5. The number of nitro groups is 1. The van der Waals surface area contributed by atoms with Crippen LogP contribution in [0.4, 0.5) is 5.69 Å². The minimum Gasteiger partial charge on any atom is -0.455 e. The van der Waals surface area contributed by atoms with Gasteiger partial charge in [0.1, 0.15) is 11.5 Å². The molecular weight excluding hydrogens is 406 g/mol. The second-order valence-corrected chi connectivity index (χ2v) is 9.06. The highest BCUT2D eigenvalue weighted by Crippen LogP contribution is 2.47. The summed E-state index contributed by atoms with van der Waals surface area (Å²) in [6, 6.07) is 18.1. The molecule has 1 aliphatic carbocycles. The molecule has 7 nitrogen and oxygen atoms in total. The lowest BCUT2D eigenvalue weighted by Crippen LogP contribution is -2.20. The Labute approximate surface area is 186 Å². The Hall–Kier alpha value is -3.74. The molecule has 0 unspecified atom stereocenters. The zero-order chi connectivity index (χ0) is 22.9. The molecule has 0 saturated heterocycles. The van der Waals surface area contributed by atoms with E-state index in [1.807, 2.05) is 0 Å². The van der Waals surface area contributed by atoms with Crippen molar-refractivity contribution in [3.8, 4) is 11.3 Å². The molecule has 7 heteroatoms. The molecule has 2 aromatic carbocycles. The van der Waals surface area contributed by atoms with Gasteiger partial charge in [0.2, 0.25) is 5.91 Å². The first-order valence-corrected chi connectivity index (χ1v) is 10.5. The Bertz CT molecular complexity index is 1170. The maximum absolute atomic E-state index is 12.4. The average Bonchev–Trinajstić information content (AvgIpc) is 3.44. The molecule has 0 aliphatic heterocycles. The minimum atomic E-state index is -0.450. The van der Waals surface area contributed by atoms with Gasteiger partial charge < -0.3 is 4.42 Å². The Morgan fingerprint density at radius 1 is 1.16 bits per heavy atom. The summed E-state index contributed by atoms with van der Waals surface area (Å²) in [4.78, 5) is 22.9. The fraction of sp³-hybridized carbons (Fsp3) is 0.280. The standard InChI is InChI=1S/C25H25N3O4/c1-25(2,3)18-9-7-16(8-10-18)21-14-22(21)24(29)27-26-15-20-11-12-23(32-20)17-5-4-6-19(13-17)28(30)31/h4-13,15,21-22H,14H2,1-3H3,(H,27,29)/b26-15+/t21-,22+/m1/s1. The maximum Gasteiger partial charge on any atom is 0.270 e. The predicted octanol–water partition coefficient (Wildman–Crippen LogP) is 5.41. The smallest absolute Gasteiger partial charge is 0.270 e. The lowest BCUT2D eigenvalue weighted by molar-refractivity contribution is -0.384. The van der Waals surface area contributed by atoms with Gasteiger partial charge in [0.15, 0.2) is 0 Å². The van der Waals surface area contributed by atoms with Crippen LogP contribution in [0.3, 0.4) is 0 Å². The van der Waals surface area contributed by atoms with E-state index in [1.54, 1.807) is 24.3 Å². The Morgan fingerprint density at radius 2 is 1.91 bits per heavy atom. The second-order valence-electron chi connectivity index (χ2n) is 9.06. The van der Waals surface area contributed by atoms with Crippen LogP contribution < -0.4 is 5.43 Å². The van der Waals surface area contributed by atoms with E-state index in [0.717, 1.165) is 6.42 Å². The van der Waals surface area contributed by atoms with Gasteiger partial charge in [-0.05, 0) is 41.0 Å². The van der Waals surface area contributed by atoms with Crippen LogP contribution in [0, 0.1) is 16.0 Å². The van der Waals surface area contributed by atoms with E-state index in [-0.39, 0.29) is 28.8 Å². The number of benzene rings is 2. The first kappa shape index (κ1) is 21.5. The summed E-state index contributed by atoms with van der Waals surface area (Å²) in [6.07, 6.45) is 2.24. The van der Waals surface area contributed by atoms with Crippen LogP contribution in [0.25, 0.3) is 11.3 Å². The number of hydrogen-bond acceptors (Lipinski definition) is 5. The molecule has 1 heterocycles. The Morgan fingerprint density at radius 3 is 2.59 bits per heavy atom. The van der Waals surface area contributed by atoms with Crippen molar-refractivity contribution < 1.29 is 14.1 Å². The van der Waals surface area contributed by atoms with Crippen LogP contribution in [0.2, 0.25) is 0 Å². The molecular formula is C25H25N3O4. The molecule has 1 aromatic heterocycles. The van der Waals surface area contributed by atoms with Crippen LogP contribution in [0.1, 0.15) is 50.0 Å². The van der Waals surface area contributed by atoms with Crippen LogP contribution in [0.15, 0.2) is 70.2 Å². The van der Waals surface area contributed by atoms with E-state index in [1.165, 1.54) is 29.5 Å². The Balaban J connectivity index is 1.33. The van der Waals surface area contributed by atoms with Gasteiger partial charge in [0.05, 0.1) is 11.1 Å². The summed E-state index contributed by atoms with van der Waals surface area (Å²) >= 11 is 0. The molecule has 4 rings (SSSR count). The van der Waals surface area contributed by atoms with Gasteiger partial charge in [0.25, 0.3) is 5.69 Å². The molecule has 1 amide bonds. The average molecular weight is 431 g/mol. The summed E-state index contributed by atoms with van der Waals surface area (Å²) in [5.41, 5.74) is 5.73. The third kappa shape index (κ3) is 4.77. The van der Waals surface area contributed by atoms with E-state index in [0.29, 0.717) is 17.1 Å². The lowest BCUT2D eigenvalue weighted by atomic mass is 9.86. The normalized spacial score (nSPS) is 18.0. The number of carbonyl (C=O) groups is 1. The lowest BCUT2D eigenvalue weighted by Gasteiger charge is -2.19. The summed E-state index contributed by atoms with van der Waals surface area (Å²) in [7, 11) is 0. The molecule has 0 radical (unpaired) electrons. The molecule has 1 fully saturated rings. The van der Waals surface area contributed by atoms with Crippen molar-refractivity contribution in [3.05, 3.63) is 87.7 Å². The fourth-order valence-corrected chi connectivity index (χ4v) is 3.68. The summed E-state index contributed by atoms with van der Waals surface area (Å²) in [5, 5.41) is 14.9. The molecule has 0 spiro atoms. The quantitative estimate of drug-likeness (QED) is 0.321. The fourth-order valence-electron chi connectivity index (χ4n) is 3.68. The third-order valence-corrected chi connectivity index (χ3v) is 5.67. The van der Waals surface area contributed by atoms with Gasteiger partial charge in [0, 0.05) is 23.6 Å². The number of hydrogen-bond donors (Lipinski definition) is 1. The summed E-state index contributed by atoms with van der Waals surface area (Å²) < 4.78 is 5.67. The van der Waals surface area contributed by atoms with Crippen molar-refractivity contribution in [3.63, 3.8) is 0 Å². The number of nitrogens with zero attached hydrogens (tertiary/aromatic N) is 2. The zero-order valence-corrected chi connectivity index (χ0v) is 18.2. The number of amides is 1. The SMILES string of the molecule is CC(C)(C)c1ccc([C@H]2C[C@@H]2C(=O)N/N=C/c2ccc(-c3cccc([N+](=O)[O-])c3)o2)cc1. The van der Waals surface area contributed by atoms with E-state index >= 15 is 0 Å². The van der Waals surface area contributed by atoms with E-state index < -0.39 is 4.92 Å². The number of hydrazone groups is 1. The van der Waals surface area contributed by atoms with Crippen molar-refractivity contribution in [1.82, 2.24) is 5.43 Å². The highest BCUT2D eigenvalue weighted by atomic mass is 16.6. The number of furan rings is 1. The molecule has 0 bridgehead atoms. The molecule has 32 heavy (non-hydrogen) atoms. The maximum atomic E-state index is 12.4. The van der Waals surface area contributed by atoms with Crippen LogP contribution >= 0.6 is 0 Å². The topological polar surface area (TPSA) is 97.7 Å². The summed E-state index contributed by atoms with van der Waals surface area (Å²) in [5.74, 6) is 0.962. The van der Waals surface area contributed by atoms with E-state index in [4.69, 9.17) is 4.42 Å². The molecule has 1 N–H and O–H groups in total. The van der Waals surface area contributed by atoms with Gasteiger partial charge in [-0.3, -0.25) is 14.9 Å². The van der Waals surface area contributed by atoms with E-state index in [2.05, 4.69) is 55.6 Å². The van der Waals surface area contributed by atoms with Crippen LogP contribution in [0.5, 0.6) is 0 Å². The van der Waals surface area contributed by atoms with Crippen molar-refractivity contribution in [2.24, 2.45) is 11.0 Å². The molecule has 2 atom stereocenters. The number of nitrogens with one attached hydrogen (secondary N) is 1.